The van der Waals surface area contributed by atoms with Gasteiger partial charge >= 0.3 is 12.1 Å². The monoisotopic (exact) mass is 439 g/mol. The van der Waals surface area contributed by atoms with Gasteiger partial charge in [-0.3, -0.25) is 0 Å². The molecule has 0 bridgehead atoms. The molecule has 31 heavy (non-hydrogen) atoms. The zero-order valence-corrected chi connectivity index (χ0v) is 17.1. The molecular formula is C24H19ClFNO4. The van der Waals surface area contributed by atoms with Gasteiger partial charge in [-0.1, -0.05) is 72.3 Å². The molecule has 7 heteroatoms. The predicted molar refractivity (Wildman–Crippen MR) is 115 cm³/mol. The van der Waals surface area contributed by atoms with E-state index in [9.17, 15) is 19.1 Å². The van der Waals surface area contributed by atoms with E-state index in [2.05, 4.69) is 5.32 Å². The Kier molecular flexibility index (Phi) is 5.91. The van der Waals surface area contributed by atoms with Crippen molar-refractivity contribution in [2.45, 2.75) is 18.4 Å². The number of carbonyl (C=O) groups excluding carboxylic acids is 1. The average molecular weight is 440 g/mol. The third-order valence-electron chi connectivity index (χ3n) is 5.39. The number of rotatable bonds is 6. The second-order valence-electron chi connectivity index (χ2n) is 7.28. The van der Waals surface area contributed by atoms with Gasteiger partial charge in [-0.15, -0.1) is 0 Å². The van der Waals surface area contributed by atoms with Crippen molar-refractivity contribution < 1.29 is 23.8 Å². The molecule has 0 heterocycles. The maximum atomic E-state index is 14.1. The Bertz CT molecular complexity index is 1100. The van der Waals surface area contributed by atoms with Crippen molar-refractivity contribution in [2.75, 3.05) is 6.61 Å². The number of hydrogen-bond acceptors (Lipinski definition) is 3. The van der Waals surface area contributed by atoms with Gasteiger partial charge in [0.2, 0.25) is 0 Å². The summed E-state index contributed by atoms with van der Waals surface area (Å²) in [6.07, 6.45) is -1.14. The Morgan fingerprint density at radius 2 is 1.61 bits per heavy atom. The highest BCUT2D eigenvalue weighted by Crippen LogP contribution is 2.44. The number of carboxylic acids is 1. The van der Waals surface area contributed by atoms with Gasteiger partial charge in [0.05, 0.1) is 5.02 Å². The zero-order valence-electron chi connectivity index (χ0n) is 16.3. The predicted octanol–water partition coefficient (Wildman–Crippen LogP) is 5.01. The van der Waals surface area contributed by atoms with Gasteiger partial charge in [0.15, 0.2) is 0 Å². The molecule has 1 atom stereocenters. The minimum absolute atomic E-state index is 0.0533. The fourth-order valence-electron chi connectivity index (χ4n) is 3.91. The van der Waals surface area contributed by atoms with Crippen molar-refractivity contribution in [1.29, 1.82) is 0 Å². The number of hydrogen-bond donors (Lipinski definition) is 2. The van der Waals surface area contributed by atoms with E-state index in [1.165, 1.54) is 18.2 Å². The maximum Gasteiger partial charge on any atom is 0.407 e. The maximum absolute atomic E-state index is 14.1. The molecule has 0 saturated heterocycles. The summed E-state index contributed by atoms with van der Waals surface area (Å²) in [6, 6.07) is 18.8. The molecular weight excluding hydrogens is 421 g/mol. The molecule has 5 nitrogen and oxygen atoms in total. The van der Waals surface area contributed by atoms with Crippen LogP contribution in [-0.2, 0) is 16.0 Å². The van der Waals surface area contributed by atoms with Gasteiger partial charge in [-0.05, 0) is 33.9 Å². The zero-order chi connectivity index (χ0) is 22.0. The molecule has 158 valence electrons. The number of nitrogens with one attached hydrogen (secondary N) is 1. The van der Waals surface area contributed by atoms with Crippen molar-refractivity contribution in [3.05, 3.63) is 94.3 Å². The van der Waals surface area contributed by atoms with Gasteiger partial charge in [-0.2, -0.15) is 0 Å². The molecule has 0 radical (unpaired) electrons. The van der Waals surface area contributed by atoms with Crippen LogP contribution in [0.25, 0.3) is 11.1 Å². The number of ether oxygens (including phenoxy) is 1. The lowest BCUT2D eigenvalue weighted by Gasteiger charge is -2.18. The van der Waals surface area contributed by atoms with Crippen LogP contribution in [-0.4, -0.2) is 29.8 Å². The van der Waals surface area contributed by atoms with Gasteiger partial charge in [0, 0.05) is 12.3 Å². The molecule has 1 aliphatic rings. The summed E-state index contributed by atoms with van der Waals surface area (Å²) >= 11 is 5.75. The lowest BCUT2D eigenvalue weighted by Crippen LogP contribution is -2.43. The quantitative estimate of drug-likeness (QED) is 0.566. The summed E-state index contributed by atoms with van der Waals surface area (Å²) in [5.74, 6) is -2.15. The molecule has 0 unspecified atom stereocenters. The van der Waals surface area contributed by atoms with Gasteiger partial charge < -0.3 is 15.2 Å². The summed E-state index contributed by atoms with van der Waals surface area (Å²) in [5, 5.41) is 11.7. The van der Waals surface area contributed by atoms with Crippen LogP contribution in [0.3, 0.4) is 0 Å². The summed E-state index contributed by atoms with van der Waals surface area (Å²) in [7, 11) is 0. The first kappa shape index (κ1) is 20.9. The first-order chi connectivity index (χ1) is 15.0. The van der Waals surface area contributed by atoms with Crippen molar-refractivity contribution in [3.63, 3.8) is 0 Å². The number of benzene rings is 3. The van der Waals surface area contributed by atoms with E-state index < -0.39 is 23.9 Å². The third-order valence-corrected chi connectivity index (χ3v) is 5.68. The first-order valence-corrected chi connectivity index (χ1v) is 10.1. The molecule has 3 aromatic rings. The average Bonchev–Trinajstić information content (AvgIpc) is 3.08. The topological polar surface area (TPSA) is 75.6 Å². The molecule has 0 fully saturated rings. The van der Waals surface area contributed by atoms with E-state index in [1.54, 1.807) is 0 Å². The van der Waals surface area contributed by atoms with E-state index in [1.807, 2.05) is 48.5 Å². The van der Waals surface area contributed by atoms with Crippen LogP contribution in [0.2, 0.25) is 5.02 Å². The Balaban J connectivity index is 1.45. The summed E-state index contributed by atoms with van der Waals surface area (Å²) in [5.41, 5.74) is 4.37. The number of carbonyl (C=O) groups is 2. The Morgan fingerprint density at radius 1 is 1.00 bits per heavy atom. The van der Waals surface area contributed by atoms with Crippen LogP contribution >= 0.6 is 11.6 Å². The van der Waals surface area contributed by atoms with Crippen LogP contribution in [0.1, 0.15) is 22.6 Å². The molecule has 0 aromatic heterocycles. The van der Waals surface area contributed by atoms with Crippen LogP contribution in [0.4, 0.5) is 9.18 Å². The highest BCUT2D eigenvalue weighted by atomic mass is 35.5. The van der Waals surface area contributed by atoms with Crippen molar-refractivity contribution in [1.82, 2.24) is 5.32 Å². The fraction of sp³-hybridized carbons (Fsp3) is 0.167. The summed E-state index contributed by atoms with van der Waals surface area (Å²) in [6.45, 7) is 0.0533. The molecule has 0 spiro atoms. The van der Waals surface area contributed by atoms with Crippen LogP contribution in [0.5, 0.6) is 0 Å². The molecule has 3 aromatic carbocycles. The van der Waals surface area contributed by atoms with Gasteiger partial charge in [-0.25, -0.2) is 14.0 Å². The standard InChI is InChI=1S/C24H19ClFNO4/c25-20-11-5-6-14(22(20)26)12-21(23(28)29)27-24(30)31-13-19-17-9-3-1-7-15(17)16-8-2-4-10-18(16)19/h1-11,19,21H,12-13H2,(H,27,30)(H,28,29)/t21-/m1/s1. The third kappa shape index (κ3) is 4.25. The molecule has 4 rings (SSSR count). The Labute approximate surface area is 183 Å². The van der Waals surface area contributed by atoms with E-state index in [0.29, 0.717) is 0 Å². The minimum atomic E-state index is -1.36. The van der Waals surface area contributed by atoms with Crippen LogP contribution < -0.4 is 5.32 Å². The van der Waals surface area contributed by atoms with E-state index in [4.69, 9.17) is 16.3 Å². The number of aliphatic carboxylic acids is 1. The molecule has 1 aliphatic carbocycles. The highest BCUT2D eigenvalue weighted by molar-refractivity contribution is 6.30. The fourth-order valence-corrected chi connectivity index (χ4v) is 4.10. The lowest BCUT2D eigenvalue weighted by molar-refractivity contribution is -0.139. The van der Waals surface area contributed by atoms with Crippen LogP contribution in [0.15, 0.2) is 66.7 Å². The van der Waals surface area contributed by atoms with Crippen molar-refractivity contribution >= 4 is 23.7 Å². The summed E-state index contributed by atoms with van der Waals surface area (Å²) < 4.78 is 19.5. The Morgan fingerprint density at radius 3 is 2.23 bits per heavy atom. The smallest absolute Gasteiger partial charge is 0.407 e. The van der Waals surface area contributed by atoms with E-state index in [0.717, 1.165) is 22.3 Å². The number of alkyl carbamates (subject to hydrolysis) is 1. The van der Waals surface area contributed by atoms with Crippen molar-refractivity contribution in [2.24, 2.45) is 0 Å². The highest BCUT2D eigenvalue weighted by Gasteiger charge is 2.30. The van der Waals surface area contributed by atoms with Crippen LogP contribution in [0, 0.1) is 5.82 Å². The minimum Gasteiger partial charge on any atom is -0.480 e. The number of fused-ring (bicyclic) bond motifs is 3. The van der Waals surface area contributed by atoms with Gasteiger partial charge in [0.25, 0.3) is 0 Å². The normalized spacial score (nSPS) is 13.2. The molecule has 0 aliphatic heterocycles. The van der Waals surface area contributed by atoms with E-state index >= 15 is 0 Å². The first-order valence-electron chi connectivity index (χ1n) is 9.73. The Hall–Kier alpha value is -3.38. The second-order valence-corrected chi connectivity index (χ2v) is 7.68. The van der Waals surface area contributed by atoms with Crippen molar-refractivity contribution in [3.8, 4) is 11.1 Å². The van der Waals surface area contributed by atoms with Gasteiger partial charge in [0.1, 0.15) is 18.5 Å². The lowest BCUT2D eigenvalue weighted by atomic mass is 9.98. The largest absolute Gasteiger partial charge is 0.480 e. The summed E-state index contributed by atoms with van der Waals surface area (Å²) in [4.78, 5) is 24.0. The number of halogens is 2. The molecule has 1 amide bonds. The number of carboxylic acid groups (broad SMARTS) is 1. The molecule has 2 N–H and O–H groups in total. The number of amides is 1. The molecule has 0 saturated carbocycles. The SMILES string of the molecule is O=C(N[C@H](Cc1cccc(Cl)c1F)C(=O)O)OCC1c2ccccc2-c2ccccc21. The second kappa shape index (κ2) is 8.78. The van der Waals surface area contributed by atoms with E-state index in [-0.39, 0.29) is 29.5 Å².